The number of fused-ring (bicyclic) bond motifs is 1. The van der Waals surface area contributed by atoms with Gasteiger partial charge in [0.15, 0.2) is 0 Å². The van der Waals surface area contributed by atoms with Gasteiger partial charge in [0.2, 0.25) is 5.91 Å². The predicted molar refractivity (Wildman–Crippen MR) is 113 cm³/mol. The van der Waals surface area contributed by atoms with E-state index < -0.39 is 0 Å². The molecule has 2 aromatic rings. The first kappa shape index (κ1) is 20.9. The minimum absolute atomic E-state index is 0.0699. The SMILES string of the molecule is CCOC(=O)c1cc2ccsc2n1CC(=O)NCC[C@@H](C)N1CCCCCC1. The molecule has 1 atom stereocenters. The van der Waals surface area contributed by atoms with Gasteiger partial charge in [-0.2, -0.15) is 0 Å². The first-order valence-corrected chi connectivity index (χ1v) is 11.2. The maximum Gasteiger partial charge on any atom is 0.355 e. The van der Waals surface area contributed by atoms with Gasteiger partial charge in [0.05, 0.1) is 6.61 Å². The van der Waals surface area contributed by atoms with Gasteiger partial charge in [-0.3, -0.25) is 4.79 Å². The largest absolute Gasteiger partial charge is 0.461 e. The van der Waals surface area contributed by atoms with Gasteiger partial charge in [-0.25, -0.2) is 4.79 Å². The number of carbonyl (C=O) groups is 2. The van der Waals surface area contributed by atoms with Crippen molar-refractivity contribution in [1.82, 2.24) is 14.8 Å². The van der Waals surface area contributed by atoms with Crippen molar-refractivity contribution in [2.75, 3.05) is 26.2 Å². The summed E-state index contributed by atoms with van der Waals surface area (Å²) >= 11 is 1.53. The van der Waals surface area contributed by atoms with Crippen LogP contribution in [0.3, 0.4) is 0 Å². The van der Waals surface area contributed by atoms with Crippen LogP contribution in [0.2, 0.25) is 0 Å². The van der Waals surface area contributed by atoms with Crippen LogP contribution in [-0.2, 0) is 16.1 Å². The smallest absolute Gasteiger partial charge is 0.355 e. The molecule has 0 unspecified atom stereocenters. The molecule has 1 aliphatic rings. The third-order valence-corrected chi connectivity index (χ3v) is 6.39. The second-order valence-corrected chi connectivity index (χ2v) is 8.35. The van der Waals surface area contributed by atoms with Gasteiger partial charge in [-0.05, 0) is 63.7 Å². The third-order valence-electron chi connectivity index (χ3n) is 5.44. The Kier molecular flexibility index (Phi) is 7.50. The molecule has 1 fully saturated rings. The average molecular weight is 406 g/mol. The molecule has 3 rings (SSSR count). The van der Waals surface area contributed by atoms with Gasteiger partial charge in [0, 0.05) is 18.0 Å². The molecule has 1 saturated heterocycles. The van der Waals surface area contributed by atoms with Gasteiger partial charge in [0.25, 0.3) is 0 Å². The van der Waals surface area contributed by atoms with Crippen molar-refractivity contribution in [2.45, 2.75) is 58.5 Å². The Morgan fingerprint density at radius 2 is 2.00 bits per heavy atom. The lowest BCUT2D eigenvalue weighted by Crippen LogP contribution is -2.37. The van der Waals surface area contributed by atoms with Crippen molar-refractivity contribution < 1.29 is 14.3 Å². The van der Waals surface area contributed by atoms with Crippen LogP contribution in [-0.4, -0.2) is 53.6 Å². The summed E-state index contributed by atoms with van der Waals surface area (Å²) in [4.78, 5) is 28.2. The van der Waals surface area contributed by atoms with Crippen LogP contribution in [0, 0.1) is 0 Å². The van der Waals surface area contributed by atoms with Gasteiger partial charge in [-0.15, -0.1) is 11.3 Å². The minimum atomic E-state index is -0.381. The average Bonchev–Trinajstić information content (AvgIpc) is 3.14. The standard InChI is InChI=1S/C21H31N3O3S/c1-3-27-21(26)18-14-17-9-13-28-20(17)24(18)15-19(25)22-10-8-16(2)23-11-6-4-5-7-12-23/h9,13-14,16H,3-8,10-12,15H2,1-2H3,(H,22,25)/t16-/m1/s1. The summed E-state index contributed by atoms with van der Waals surface area (Å²) in [6.45, 7) is 7.47. The number of hydrogen-bond donors (Lipinski definition) is 1. The molecule has 1 aliphatic heterocycles. The van der Waals surface area contributed by atoms with E-state index in [1.807, 2.05) is 11.4 Å². The Morgan fingerprint density at radius 1 is 1.25 bits per heavy atom. The number of nitrogens with one attached hydrogen (secondary N) is 1. The molecule has 154 valence electrons. The Labute approximate surface area is 170 Å². The summed E-state index contributed by atoms with van der Waals surface area (Å²) in [6.07, 6.45) is 6.15. The van der Waals surface area contributed by atoms with E-state index in [9.17, 15) is 9.59 Å². The number of carbonyl (C=O) groups excluding carboxylic acids is 2. The molecule has 2 aromatic heterocycles. The molecule has 3 heterocycles. The van der Waals surface area contributed by atoms with Gasteiger partial charge in [-0.1, -0.05) is 12.8 Å². The highest BCUT2D eigenvalue weighted by atomic mass is 32.1. The van der Waals surface area contributed by atoms with E-state index in [0.717, 1.165) is 29.7 Å². The van der Waals surface area contributed by atoms with E-state index in [-0.39, 0.29) is 18.4 Å². The number of hydrogen-bond acceptors (Lipinski definition) is 5. The van der Waals surface area contributed by atoms with Gasteiger partial charge < -0.3 is 19.5 Å². The van der Waals surface area contributed by atoms with Crippen LogP contribution in [0.15, 0.2) is 17.5 Å². The summed E-state index contributed by atoms with van der Waals surface area (Å²) in [5, 5.41) is 5.96. The van der Waals surface area contributed by atoms with E-state index in [2.05, 4.69) is 17.1 Å². The zero-order chi connectivity index (χ0) is 19.9. The highest BCUT2D eigenvalue weighted by Gasteiger charge is 2.20. The Morgan fingerprint density at radius 3 is 2.71 bits per heavy atom. The first-order valence-electron chi connectivity index (χ1n) is 10.3. The third kappa shape index (κ3) is 5.14. The lowest BCUT2D eigenvalue weighted by atomic mass is 10.2. The molecule has 0 radical (unpaired) electrons. The normalized spacial score (nSPS) is 16.6. The number of thiophene rings is 1. The molecule has 1 amide bonds. The van der Waals surface area contributed by atoms with Crippen molar-refractivity contribution in [2.24, 2.45) is 0 Å². The maximum atomic E-state index is 12.5. The fourth-order valence-corrected chi connectivity index (χ4v) is 4.74. The van der Waals surface area contributed by atoms with E-state index in [1.54, 1.807) is 17.6 Å². The van der Waals surface area contributed by atoms with Crippen molar-refractivity contribution in [3.8, 4) is 0 Å². The topological polar surface area (TPSA) is 63.6 Å². The monoisotopic (exact) mass is 405 g/mol. The number of rotatable bonds is 8. The summed E-state index contributed by atoms with van der Waals surface area (Å²) < 4.78 is 6.92. The van der Waals surface area contributed by atoms with Crippen molar-refractivity contribution in [3.63, 3.8) is 0 Å². The lowest BCUT2D eigenvalue weighted by molar-refractivity contribution is -0.121. The number of nitrogens with zero attached hydrogens (tertiary/aromatic N) is 2. The van der Waals surface area contributed by atoms with Crippen LogP contribution in [0.25, 0.3) is 10.2 Å². The van der Waals surface area contributed by atoms with Crippen LogP contribution in [0.4, 0.5) is 0 Å². The second kappa shape index (κ2) is 10.1. The molecular formula is C21H31N3O3S. The fraction of sp³-hybridized carbons (Fsp3) is 0.619. The predicted octanol–water partition coefficient (Wildman–Crippen LogP) is 3.65. The molecule has 0 spiro atoms. The number of esters is 1. The molecule has 28 heavy (non-hydrogen) atoms. The molecule has 6 nitrogen and oxygen atoms in total. The Hall–Kier alpha value is -1.86. The van der Waals surface area contributed by atoms with E-state index in [1.165, 1.54) is 37.0 Å². The number of amides is 1. The van der Waals surface area contributed by atoms with Crippen LogP contribution in [0.5, 0.6) is 0 Å². The van der Waals surface area contributed by atoms with Crippen molar-refractivity contribution in [3.05, 3.63) is 23.2 Å². The Balaban J connectivity index is 1.55. The quantitative estimate of drug-likeness (QED) is 0.681. The second-order valence-electron chi connectivity index (χ2n) is 7.46. The lowest BCUT2D eigenvalue weighted by Gasteiger charge is -2.27. The van der Waals surface area contributed by atoms with E-state index >= 15 is 0 Å². The zero-order valence-corrected chi connectivity index (χ0v) is 17.7. The molecule has 0 bridgehead atoms. The zero-order valence-electron chi connectivity index (χ0n) is 16.9. The summed E-state index contributed by atoms with van der Waals surface area (Å²) in [6, 6.07) is 4.24. The maximum absolute atomic E-state index is 12.5. The molecule has 0 aromatic carbocycles. The number of aromatic nitrogens is 1. The molecule has 7 heteroatoms. The van der Waals surface area contributed by atoms with Gasteiger partial charge >= 0.3 is 5.97 Å². The summed E-state index contributed by atoms with van der Waals surface area (Å²) in [7, 11) is 0. The molecule has 0 aliphatic carbocycles. The molecule has 1 N–H and O–H groups in total. The van der Waals surface area contributed by atoms with Crippen LogP contribution < -0.4 is 5.32 Å². The van der Waals surface area contributed by atoms with Crippen molar-refractivity contribution >= 4 is 33.4 Å². The number of likely N-dealkylation sites (tertiary alicyclic amines) is 1. The summed E-state index contributed by atoms with van der Waals surface area (Å²) in [5.41, 5.74) is 0.441. The highest BCUT2D eigenvalue weighted by molar-refractivity contribution is 7.16. The van der Waals surface area contributed by atoms with E-state index in [4.69, 9.17) is 4.74 Å². The van der Waals surface area contributed by atoms with E-state index in [0.29, 0.717) is 24.9 Å². The van der Waals surface area contributed by atoms with Crippen molar-refractivity contribution in [1.29, 1.82) is 0 Å². The van der Waals surface area contributed by atoms with Gasteiger partial charge in [0.1, 0.15) is 17.1 Å². The number of ether oxygens (including phenoxy) is 1. The Bertz CT molecular complexity index is 790. The molecular weight excluding hydrogens is 374 g/mol. The fourth-order valence-electron chi connectivity index (χ4n) is 3.84. The molecule has 0 saturated carbocycles. The summed E-state index contributed by atoms with van der Waals surface area (Å²) in [5.74, 6) is -0.451. The minimum Gasteiger partial charge on any atom is -0.461 e. The van der Waals surface area contributed by atoms with Crippen LogP contribution >= 0.6 is 11.3 Å². The highest BCUT2D eigenvalue weighted by Crippen LogP contribution is 2.26. The first-order chi connectivity index (χ1) is 13.6. The van der Waals surface area contributed by atoms with Crippen LogP contribution in [0.1, 0.15) is 56.4 Å².